The van der Waals surface area contributed by atoms with Crippen LogP contribution in [-0.4, -0.2) is 26.2 Å². The lowest BCUT2D eigenvalue weighted by Crippen LogP contribution is -2.15. The van der Waals surface area contributed by atoms with Crippen LogP contribution in [0.25, 0.3) is 0 Å². The molecule has 0 N–H and O–H groups in total. The molecule has 1 saturated carbocycles. The Morgan fingerprint density at radius 2 is 1.80 bits per heavy atom. The summed E-state index contributed by atoms with van der Waals surface area (Å²) in [5, 5.41) is 0. The molecule has 88 valence electrons. The van der Waals surface area contributed by atoms with Crippen LogP contribution in [0.4, 0.5) is 0 Å². The van der Waals surface area contributed by atoms with Gasteiger partial charge in [0, 0.05) is 19.1 Å². The highest BCUT2D eigenvalue weighted by molar-refractivity contribution is 7.90. The Bertz CT molecular complexity index is 300. The van der Waals surface area contributed by atoms with Gasteiger partial charge in [0.05, 0.1) is 5.75 Å². The van der Waals surface area contributed by atoms with Gasteiger partial charge in [-0.25, -0.2) is 8.42 Å². The molecule has 0 spiro atoms. The van der Waals surface area contributed by atoms with E-state index in [1.165, 1.54) is 25.5 Å². The average Bonchev–Trinajstić information content (AvgIpc) is 2.15. The van der Waals surface area contributed by atoms with Gasteiger partial charge < -0.3 is 0 Å². The van der Waals surface area contributed by atoms with Crippen molar-refractivity contribution in [2.45, 2.75) is 44.9 Å². The van der Waals surface area contributed by atoms with Gasteiger partial charge in [-0.2, -0.15) is 0 Å². The van der Waals surface area contributed by atoms with Crippen molar-refractivity contribution >= 4 is 15.6 Å². The third kappa shape index (κ3) is 5.92. The number of hydrogen-bond acceptors (Lipinski definition) is 3. The van der Waals surface area contributed by atoms with Crippen LogP contribution < -0.4 is 0 Å². The predicted molar refractivity (Wildman–Crippen MR) is 60.5 cm³/mol. The summed E-state index contributed by atoms with van der Waals surface area (Å²) >= 11 is 0. The first-order valence-electron chi connectivity index (χ1n) is 5.67. The van der Waals surface area contributed by atoms with Crippen molar-refractivity contribution in [3.8, 4) is 0 Å². The number of rotatable bonds is 5. The highest BCUT2D eigenvalue weighted by atomic mass is 32.2. The Morgan fingerprint density at radius 1 is 1.20 bits per heavy atom. The monoisotopic (exact) mass is 232 g/mol. The summed E-state index contributed by atoms with van der Waals surface area (Å²) in [6.45, 7) is 0. The first-order chi connectivity index (χ1) is 6.97. The number of hydrogen-bond donors (Lipinski definition) is 0. The molecule has 1 aliphatic rings. The van der Waals surface area contributed by atoms with Crippen molar-refractivity contribution in [2.24, 2.45) is 5.92 Å². The Morgan fingerprint density at radius 3 is 2.33 bits per heavy atom. The van der Waals surface area contributed by atoms with Crippen molar-refractivity contribution in [1.82, 2.24) is 0 Å². The topological polar surface area (TPSA) is 51.2 Å². The smallest absolute Gasteiger partial charge is 0.147 e. The molecule has 0 radical (unpaired) electrons. The zero-order valence-corrected chi connectivity index (χ0v) is 10.2. The van der Waals surface area contributed by atoms with Gasteiger partial charge in [-0.05, 0) is 5.92 Å². The minimum atomic E-state index is -2.98. The van der Waals surface area contributed by atoms with Crippen LogP contribution in [-0.2, 0) is 14.6 Å². The second kappa shape index (κ2) is 5.64. The molecule has 4 heteroatoms. The standard InChI is InChI=1S/C11H20O3S/c1-15(13,14)8-7-11(12)9-10-5-3-2-4-6-10/h10H,2-9H2,1H3. The minimum absolute atomic E-state index is 0.0125. The average molecular weight is 232 g/mol. The lowest BCUT2D eigenvalue weighted by Gasteiger charge is -2.20. The Hall–Kier alpha value is -0.380. The third-order valence-corrected chi connectivity index (χ3v) is 3.94. The molecule has 0 unspecified atom stereocenters. The van der Waals surface area contributed by atoms with Crippen molar-refractivity contribution in [2.75, 3.05) is 12.0 Å². The summed E-state index contributed by atoms with van der Waals surface area (Å²) in [4.78, 5) is 11.5. The van der Waals surface area contributed by atoms with E-state index in [1.807, 2.05) is 0 Å². The molecule has 0 heterocycles. The van der Waals surface area contributed by atoms with Crippen LogP contribution in [0, 0.1) is 5.92 Å². The summed E-state index contributed by atoms with van der Waals surface area (Å²) in [5.74, 6) is 0.650. The van der Waals surface area contributed by atoms with Crippen molar-refractivity contribution in [3.05, 3.63) is 0 Å². The van der Waals surface area contributed by atoms with E-state index in [0.717, 1.165) is 12.8 Å². The Labute approximate surface area is 92.2 Å². The second-order valence-corrected chi connectivity index (χ2v) is 6.89. The van der Waals surface area contributed by atoms with Gasteiger partial charge in [0.15, 0.2) is 0 Å². The van der Waals surface area contributed by atoms with E-state index in [9.17, 15) is 13.2 Å². The highest BCUT2D eigenvalue weighted by Gasteiger charge is 2.17. The number of carbonyl (C=O) groups is 1. The van der Waals surface area contributed by atoms with Gasteiger partial charge in [0.1, 0.15) is 15.6 Å². The van der Waals surface area contributed by atoms with Crippen molar-refractivity contribution in [3.63, 3.8) is 0 Å². The maximum Gasteiger partial charge on any atom is 0.147 e. The molecular weight excluding hydrogens is 212 g/mol. The van der Waals surface area contributed by atoms with Gasteiger partial charge >= 0.3 is 0 Å². The van der Waals surface area contributed by atoms with Gasteiger partial charge in [0.2, 0.25) is 0 Å². The van der Waals surface area contributed by atoms with Gasteiger partial charge in [-0.3, -0.25) is 4.79 Å². The number of ketones is 1. The molecule has 0 atom stereocenters. The van der Waals surface area contributed by atoms with Crippen LogP contribution in [0.2, 0.25) is 0 Å². The fourth-order valence-electron chi connectivity index (χ4n) is 2.11. The molecule has 0 saturated heterocycles. The zero-order chi connectivity index (χ0) is 11.3. The van der Waals surface area contributed by atoms with Crippen LogP contribution in [0.1, 0.15) is 44.9 Å². The van der Waals surface area contributed by atoms with Crippen LogP contribution in [0.5, 0.6) is 0 Å². The fourth-order valence-corrected chi connectivity index (χ4v) is 2.71. The summed E-state index contributed by atoms with van der Waals surface area (Å²) < 4.78 is 21.8. The molecule has 1 rings (SSSR count). The first-order valence-corrected chi connectivity index (χ1v) is 7.73. The second-order valence-electron chi connectivity index (χ2n) is 4.63. The predicted octanol–water partition coefficient (Wildman–Crippen LogP) is 1.96. The molecule has 0 bridgehead atoms. The SMILES string of the molecule is CS(=O)(=O)CCC(=O)CC1CCCCC1. The Kier molecular flexibility index (Phi) is 4.77. The molecule has 1 aliphatic carbocycles. The van der Waals surface area contributed by atoms with E-state index >= 15 is 0 Å². The normalized spacial score (nSPS) is 19.0. The third-order valence-electron chi connectivity index (χ3n) is 2.99. The summed E-state index contributed by atoms with van der Waals surface area (Å²) in [6, 6.07) is 0. The molecule has 0 aromatic heterocycles. The van der Waals surface area contributed by atoms with E-state index in [-0.39, 0.29) is 18.0 Å². The molecule has 0 aromatic carbocycles. The maximum absolute atomic E-state index is 11.5. The van der Waals surface area contributed by atoms with E-state index in [4.69, 9.17) is 0 Å². The molecular formula is C11H20O3S. The van der Waals surface area contributed by atoms with E-state index in [2.05, 4.69) is 0 Å². The van der Waals surface area contributed by atoms with E-state index in [1.54, 1.807) is 0 Å². The molecule has 0 aliphatic heterocycles. The first kappa shape index (κ1) is 12.7. The van der Waals surface area contributed by atoms with Crippen molar-refractivity contribution in [1.29, 1.82) is 0 Å². The van der Waals surface area contributed by atoms with Crippen LogP contribution in [0.15, 0.2) is 0 Å². The number of Topliss-reactive ketones (excluding diaryl/α,β-unsaturated/α-hetero) is 1. The Balaban J connectivity index is 2.23. The minimum Gasteiger partial charge on any atom is -0.300 e. The fraction of sp³-hybridized carbons (Fsp3) is 0.909. The largest absolute Gasteiger partial charge is 0.300 e. The van der Waals surface area contributed by atoms with Crippen LogP contribution >= 0.6 is 0 Å². The molecule has 0 amide bonds. The number of carbonyl (C=O) groups excluding carboxylic acids is 1. The van der Waals surface area contributed by atoms with Gasteiger partial charge in [0.25, 0.3) is 0 Å². The quantitative estimate of drug-likeness (QED) is 0.728. The summed E-state index contributed by atoms with van der Waals surface area (Å²) in [5.41, 5.74) is 0. The highest BCUT2D eigenvalue weighted by Crippen LogP contribution is 2.26. The van der Waals surface area contributed by atoms with Crippen LogP contribution in [0.3, 0.4) is 0 Å². The molecule has 0 aromatic rings. The van der Waals surface area contributed by atoms with Gasteiger partial charge in [-0.1, -0.05) is 32.1 Å². The number of sulfone groups is 1. The van der Waals surface area contributed by atoms with E-state index in [0.29, 0.717) is 12.3 Å². The van der Waals surface area contributed by atoms with Gasteiger partial charge in [-0.15, -0.1) is 0 Å². The summed E-state index contributed by atoms with van der Waals surface area (Å²) in [6.07, 6.45) is 8.00. The zero-order valence-electron chi connectivity index (χ0n) is 9.37. The molecule has 3 nitrogen and oxygen atoms in total. The lowest BCUT2D eigenvalue weighted by molar-refractivity contribution is -0.119. The van der Waals surface area contributed by atoms with Crippen molar-refractivity contribution < 1.29 is 13.2 Å². The van der Waals surface area contributed by atoms with E-state index < -0.39 is 9.84 Å². The maximum atomic E-state index is 11.5. The molecule has 15 heavy (non-hydrogen) atoms. The summed E-state index contributed by atoms with van der Waals surface area (Å²) in [7, 11) is -2.98. The lowest BCUT2D eigenvalue weighted by atomic mass is 9.85. The molecule has 1 fully saturated rings.